The van der Waals surface area contributed by atoms with Crippen LogP contribution in [-0.4, -0.2) is 30.0 Å². The number of alkyl halides is 1. The van der Waals surface area contributed by atoms with E-state index >= 15 is 0 Å². The lowest BCUT2D eigenvalue weighted by Crippen LogP contribution is -2.68. The van der Waals surface area contributed by atoms with E-state index in [1.54, 1.807) is 0 Å². The second kappa shape index (κ2) is 3.22. The van der Waals surface area contributed by atoms with E-state index in [1.165, 1.54) is 13.2 Å². The number of fused-ring (bicyclic) bond motifs is 1. The molecule has 2 rings (SSSR count). The van der Waals surface area contributed by atoms with Crippen LogP contribution in [0, 0.1) is 16.7 Å². The van der Waals surface area contributed by atoms with Gasteiger partial charge in [0, 0.05) is 12.5 Å². The zero-order chi connectivity index (χ0) is 12.0. The SMILES string of the molecule is COC(=O)[C@@]12C=CC(=O)O[C@@H]1C[C@]2(Cl)C#N. The molecular weight excluding hydrogens is 234 g/mol. The lowest BCUT2D eigenvalue weighted by atomic mass is 9.56. The summed E-state index contributed by atoms with van der Waals surface area (Å²) in [5.41, 5.74) is -1.37. The van der Waals surface area contributed by atoms with Gasteiger partial charge in [-0.25, -0.2) is 4.79 Å². The summed E-state index contributed by atoms with van der Waals surface area (Å²) in [6.45, 7) is 0. The zero-order valence-corrected chi connectivity index (χ0v) is 9.15. The number of carbonyl (C=O) groups is 2. The van der Waals surface area contributed by atoms with Gasteiger partial charge in [0.25, 0.3) is 0 Å². The van der Waals surface area contributed by atoms with Gasteiger partial charge in [-0.3, -0.25) is 4.79 Å². The Morgan fingerprint density at radius 3 is 3.00 bits per heavy atom. The van der Waals surface area contributed by atoms with Crippen molar-refractivity contribution in [1.29, 1.82) is 5.26 Å². The molecule has 0 N–H and O–H groups in total. The van der Waals surface area contributed by atoms with Crippen LogP contribution >= 0.6 is 11.6 Å². The molecule has 84 valence electrons. The number of nitrogens with zero attached hydrogens (tertiary/aromatic N) is 1. The number of esters is 2. The van der Waals surface area contributed by atoms with Crippen LogP contribution in [0.3, 0.4) is 0 Å². The second-order valence-corrected chi connectivity index (χ2v) is 4.38. The van der Waals surface area contributed by atoms with Gasteiger partial charge >= 0.3 is 11.9 Å². The predicted octanol–water partition coefficient (Wildman–Crippen LogP) is 0.532. The lowest BCUT2D eigenvalue weighted by Gasteiger charge is -2.53. The smallest absolute Gasteiger partial charge is 0.330 e. The molecular formula is C10H8ClNO4. The van der Waals surface area contributed by atoms with Crippen molar-refractivity contribution in [3.05, 3.63) is 12.2 Å². The molecule has 0 unspecified atom stereocenters. The fourth-order valence-electron chi connectivity index (χ4n) is 2.13. The minimum Gasteiger partial charge on any atom is -0.468 e. The van der Waals surface area contributed by atoms with E-state index in [1.807, 2.05) is 6.07 Å². The first kappa shape index (κ1) is 11.0. The number of halogens is 1. The van der Waals surface area contributed by atoms with Crippen LogP contribution in [-0.2, 0) is 19.1 Å². The summed E-state index contributed by atoms with van der Waals surface area (Å²) in [6.07, 6.45) is 1.82. The molecule has 1 heterocycles. The largest absolute Gasteiger partial charge is 0.468 e. The first-order valence-corrected chi connectivity index (χ1v) is 4.96. The summed E-state index contributed by atoms with van der Waals surface area (Å²) in [4.78, 5) is 21.3. The van der Waals surface area contributed by atoms with Crippen LogP contribution in [0.1, 0.15) is 6.42 Å². The number of rotatable bonds is 1. The molecule has 6 heteroatoms. The Hall–Kier alpha value is -1.54. The normalized spacial score (nSPS) is 40.1. The Bertz CT molecular complexity index is 441. The van der Waals surface area contributed by atoms with E-state index < -0.39 is 28.3 Å². The molecule has 1 aliphatic carbocycles. The Morgan fingerprint density at radius 2 is 2.50 bits per heavy atom. The summed E-state index contributed by atoms with van der Waals surface area (Å²) < 4.78 is 9.58. The van der Waals surface area contributed by atoms with Crippen molar-refractivity contribution in [2.45, 2.75) is 17.4 Å². The monoisotopic (exact) mass is 241 g/mol. The second-order valence-electron chi connectivity index (χ2n) is 3.74. The first-order valence-electron chi connectivity index (χ1n) is 4.58. The van der Waals surface area contributed by atoms with E-state index in [9.17, 15) is 9.59 Å². The van der Waals surface area contributed by atoms with Gasteiger partial charge in [0.1, 0.15) is 6.10 Å². The number of hydrogen-bond acceptors (Lipinski definition) is 5. The van der Waals surface area contributed by atoms with Gasteiger partial charge in [-0.1, -0.05) is 6.08 Å². The van der Waals surface area contributed by atoms with Crippen molar-refractivity contribution < 1.29 is 19.1 Å². The molecule has 0 aromatic rings. The highest BCUT2D eigenvalue weighted by Crippen LogP contribution is 2.58. The van der Waals surface area contributed by atoms with E-state index in [-0.39, 0.29) is 6.42 Å². The van der Waals surface area contributed by atoms with Gasteiger partial charge < -0.3 is 9.47 Å². The summed E-state index contributed by atoms with van der Waals surface area (Å²) >= 11 is 6.04. The minimum atomic E-state index is -1.40. The van der Waals surface area contributed by atoms with Crippen molar-refractivity contribution in [1.82, 2.24) is 0 Å². The van der Waals surface area contributed by atoms with Crippen LogP contribution in [0.25, 0.3) is 0 Å². The average molecular weight is 242 g/mol. The molecule has 0 saturated heterocycles. The molecule has 0 aromatic heterocycles. The van der Waals surface area contributed by atoms with Gasteiger partial charge in [-0.15, -0.1) is 11.6 Å². The molecule has 16 heavy (non-hydrogen) atoms. The highest BCUT2D eigenvalue weighted by Gasteiger charge is 2.72. The zero-order valence-electron chi connectivity index (χ0n) is 8.40. The molecule has 0 aromatic carbocycles. The van der Waals surface area contributed by atoms with Gasteiger partial charge in [-0.2, -0.15) is 5.26 Å². The Kier molecular flexibility index (Phi) is 2.21. The summed E-state index contributed by atoms with van der Waals surface area (Å²) in [7, 11) is 1.20. The molecule has 3 atom stereocenters. The molecule has 0 bridgehead atoms. The maximum Gasteiger partial charge on any atom is 0.330 e. The number of carbonyl (C=O) groups excluding carboxylic acids is 2. The summed E-state index contributed by atoms with van der Waals surface area (Å²) in [6, 6.07) is 1.87. The lowest BCUT2D eigenvalue weighted by molar-refractivity contribution is -0.183. The maximum absolute atomic E-state index is 11.7. The molecule has 5 nitrogen and oxygen atoms in total. The molecule has 1 fully saturated rings. The fourth-order valence-corrected chi connectivity index (χ4v) is 2.53. The van der Waals surface area contributed by atoms with Gasteiger partial charge in [0.2, 0.25) is 0 Å². The molecule has 0 amide bonds. The molecule has 0 spiro atoms. The first-order chi connectivity index (χ1) is 7.50. The molecule has 2 aliphatic rings. The van der Waals surface area contributed by atoms with Gasteiger partial charge in [0.05, 0.1) is 13.2 Å². The summed E-state index contributed by atoms with van der Waals surface area (Å²) in [5.74, 6) is -1.20. The van der Waals surface area contributed by atoms with Gasteiger partial charge in [-0.05, 0) is 0 Å². The van der Waals surface area contributed by atoms with Crippen molar-refractivity contribution in [2.24, 2.45) is 5.41 Å². The summed E-state index contributed by atoms with van der Waals surface area (Å²) in [5, 5.41) is 9.00. The van der Waals surface area contributed by atoms with Crippen LogP contribution in [0.4, 0.5) is 0 Å². The van der Waals surface area contributed by atoms with Crippen LogP contribution < -0.4 is 0 Å². The minimum absolute atomic E-state index is 0.121. The number of methoxy groups -OCH3 is 1. The highest BCUT2D eigenvalue weighted by atomic mass is 35.5. The maximum atomic E-state index is 11.7. The van der Waals surface area contributed by atoms with Crippen molar-refractivity contribution in [3.63, 3.8) is 0 Å². The third-order valence-electron chi connectivity index (χ3n) is 3.07. The number of hydrogen-bond donors (Lipinski definition) is 0. The third kappa shape index (κ3) is 1.05. The number of ether oxygens (including phenoxy) is 2. The molecule has 0 radical (unpaired) electrons. The quantitative estimate of drug-likeness (QED) is 0.494. The highest BCUT2D eigenvalue weighted by molar-refractivity contribution is 6.29. The van der Waals surface area contributed by atoms with E-state index in [4.69, 9.17) is 21.6 Å². The van der Waals surface area contributed by atoms with Crippen LogP contribution in [0.2, 0.25) is 0 Å². The fraction of sp³-hybridized carbons (Fsp3) is 0.500. The van der Waals surface area contributed by atoms with E-state index in [0.717, 1.165) is 6.08 Å². The predicted molar refractivity (Wildman–Crippen MR) is 52.3 cm³/mol. The third-order valence-corrected chi connectivity index (χ3v) is 3.62. The molecule has 1 aliphatic heterocycles. The molecule has 1 saturated carbocycles. The topological polar surface area (TPSA) is 76.4 Å². The Labute approximate surface area is 96.6 Å². The van der Waals surface area contributed by atoms with Crippen LogP contribution in [0.5, 0.6) is 0 Å². The van der Waals surface area contributed by atoms with Crippen molar-refractivity contribution >= 4 is 23.5 Å². The standard InChI is InChI=1S/C10H8ClNO4/c1-15-8(14)10-3-2-7(13)16-6(10)4-9(10,11)5-12/h2-3,6H,4H2,1H3/t6-,9+,10-/m1/s1. The Balaban J connectivity index is 2.49. The van der Waals surface area contributed by atoms with Crippen LogP contribution in [0.15, 0.2) is 12.2 Å². The van der Waals surface area contributed by atoms with Crippen molar-refractivity contribution in [3.8, 4) is 6.07 Å². The number of nitriles is 1. The van der Waals surface area contributed by atoms with E-state index in [0.29, 0.717) is 0 Å². The van der Waals surface area contributed by atoms with E-state index in [2.05, 4.69) is 4.74 Å². The van der Waals surface area contributed by atoms with Gasteiger partial charge in [0.15, 0.2) is 10.3 Å². The van der Waals surface area contributed by atoms with Crippen molar-refractivity contribution in [2.75, 3.05) is 7.11 Å². The Morgan fingerprint density at radius 1 is 1.81 bits per heavy atom. The average Bonchev–Trinajstić information content (AvgIpc) is 2.27.